The first-order chi connectivity index (χ1) is 15.9. The second kappa shape index (κ2) is 8.51. The van der Waals surface area contributed by atoms with E-state index in [1.807, 2.05) is 23.1 Å². The Morgan fingerprint density at radius 1 is 0.879 bits per heavy atom. The lowest BCUT2D eigenvalue weighted by Gasteiger charge is -2.20. The maximum absolute atomic E-state index is 14.6. The molecule has 3 aromatic carbocycles. The number of fused-ring (bicyclic) bond motifs is 1. The number of carbonyl (C=O) groups is 1. The highest BCUT2D eigenvalue weighted by molar-refractivity contribution is 7.92. The first kappa shape index (κ1) is 21.5. The fourth-order valence-electron chi connectivity index (χ4n) is 4.49. The van der Waals surface area contributed by atoms with Crippen LogP contribution in [0, 0.1) is 5.82 Å². The Morgan fingerprint density at radius 3 is 2.45 bits per heavy atom. The Kier molecular flexibility index (Phi) is 5.54. The number of nitrogens with zero attached hydrogens (tertiary/aromatic N) is 2. The molecule has 0 spiro atoms. The first-order valence-corrected chi connectivity index (χ1v) is 12.4. The van der Waals surface area contributed by atoms with Crippen molar-refractivity contribution in [2.75, 3.05) is 34.2 Å². The lowest BCUT2D eigenvalue weighted by Crippen LogP contribution is -2.29. The lowest BCUT2D eigenvalue weighted by molar-refractivity contribution is 0.102. The number of hydrogen-bond acceptors (Lipinski definition) is 4. The average molecular weight is 466 g/mol. The van der Waals surface area contributed by atoms with Crippen molar-refractivity contribution >= 4 is 33.0 Å². The van der Waals surface area contributed by atoms with E-state index >= 15 is 0 Å². The zero-order valence-corrected chi connectivity index (χ0v) is 18.8. The molecular formula is C25H24FN3O3S. The normalized spacial score (nSPS) is 15.5. The van der Waals surface area contributed by atoms with Gasteiger partial charge in [-0.05, 0) is 67.3 Å². The van der Waals surface area contributed by atoms with E-state index in [1.54, 1.807) is 30.3 Å². The van der Waals surface area contributed by atoms with E-state index in [9.17, 15) is 17.6 Å². The Bertz CT molecular complexity index is 1320. The van der Waals surface area contributed by atoms with E-state index in [0.717, 1.165) is 31.5 Å². The third kappa shape index (κ3) is 4.06. The smallest absolute Gasteiger partial charge is 0.264 e. The quantitative estimate of drug-likeness (QED) is 0.605. The van der Waals surface area contributed by atoms with Crippen molar-refractivity contribution in [3.63, 3.8) is 0 Å². The number of nitrogens with one attached hydrogen (secondary N) is 1. The highest BCUT2D eigenvalue weighted by Crippen LogP contribution is 2.33. The molecule has 1 N–H and O–H groups in total. The highest BCUT2D eigenvalue weighted by atomic mass is 32.2. The van der Waals surface area contributed by atoms with Gasteiger partial charge in [-0.25, -0.2) is 12.8 Å². The van der Waals surface area contributed by atoms with E-state index < -0.39 is 21.7 Å². The van der Waals surface area contributed by atoms with Crippen LogP contribution in [-0.2, 0) is 16.4 Å². The van der Waals surface area contributed by atoms with Gasteiger partial charge < -0.3 is 10.2 Å². The van der Waals surface area contributed by atoms with Crippen LogP contribution in [0.1, 0.15) is 28.8 Å². The molecule has 2 aliphatic rings. The highest BCUT2D eigenvalue weighted by Gasteiger charge is 2.31. The fraction of sp³-hybridized carbons (Fsp3) is 0.240. The third-order valence-electron chi connectivity index (χ3n) is 6.18. The van der Waals surface area contributed by atoms with Crippen molar-refractivity contribution in [3.05, 3.63) is 83.7 Å². The number of hydrogen-bond donors (Lipinski definition) is 1. The van der Waals surface area contributed by atoms with Crippen molar-refractivity contribution in [1.82, 2.24) is 0 Å². The minimum atomic E-state index is -3.81. The van der Waals surface area contributed by atoms with Gasteiger partial charge in [-0.1, -0.05) is 24.3 Å². The topological polar surface area (TPSA) is 69.7 Å². The van der Waals surface area contributed by atoms with Gasteiger partial charge in [0, 0.05) is 30.9 Å². The molecule has 0 radical (unpaired) electrons. The molecule has 0 saturated carbocycles. The second-order valence-corrected chi connectivity index (χ2v) is 10.2. The maximum Gasteiger partial charge on any atom is 0.264 e. The van der Waals surface area contributed by atoms with Crippen molar-refractivity contribution in [2.24, 2.45) is 0 Å². The monoisotopic (exact) mass is 465 g/mol. The Balaban J connectivity index is 1.36. The molecule has 0 atom stereocenters. The number of amides is 1. The van der Waals surface area contributed by atoms with E-state index in [4.69, 9.17) is 0 Å². The van der Waals surface area contributed by atoms with E-state index in [-0.39, 0.29) is 10.5 Å². The fourth-order valence-corrected chi connectivity index (χ4v) is 6.03. The molecule has 0 bridgehead atoms. The van der Waals surface area contributed by atoms with Gasteiger partial charge in [-0.15, -0.1) is 0 Å². The van der Waals surface area contributed by atoms with Gasteiger partial charge in [0.25, 0.3) is 15.9 Å². The van der Waals surface area contributed by atoms with Gasteiger partial charge in [0.15, 0.2) is 0 Å². The van der Waals surface area contributed by atoms with E-state index in [2.05, 4.69) is 5.32 Å². The molecule has 1 saturated heterocycles. The predicted octanol–water partition coefficient (Wildman–Crippen LogP) is 4.43. The number of anilines is 3. The summed E-state index contributed by atoms with van der Waals surface area (Å²) in [5, 5.41) is 2.67. The molecule has 1 fully saturated rings. The summed E-state index contributed by atoms with van der Waals surface area (Å²) >= 11 is 0. The minimum absolute atomic E-state index is 0.0439. The van der Waals surface area contributed by atoms with Gasteiger partial charge >= 0.3 is 0 Å². The van der Waals surface area contributed by atoms with Crippen LogP contribution < -0.4 is 14.5 Å². The molecule has 170 valence electrons. The largest absolute Gasteiger partial charge is 0.369 e. The summed E-state index contributed by atoms with van der Waals surface area (Å²) in [4.78, 5) is 14.8. The van der Waals surface area contributed by atoms with Crippen LogP contribution in [-0.4, -0.2) is 34.0 Å². The Labute approximate surface area is 192 Å². The molecule has 2 aliphatic heterocycles. The van der Waals surface area contributed by atoms with Gasteiger partial charge in [-0.3, -0.25) is 9.10 Å². The van der Waals surface area contributed by atoms with Gasteiger partial charge in [0.2, 0.25) is 0 Å². The number of rotatable bonds is 5. The molecule has 8 heteroatoms. The molecule has 0 aliphatic carbocycles. The number of para-hydroxylation sites is 1. The van der Waals surface area contributed by atoms with Crippen LogP contribution in [0.5, 0.6) is 0 Å². The standard InChI is InChI=1S/C25H24FN3O3S/c26-22-17-20(10-11-24(22)28-13-3-4-14-28)27-25(30)19-7-5-8-21(16-19)33(31,32)29-15-12-18-6-1-2-9-23(18)29/h1-2,5-11,16-17H,3-4,12-15H2,(H,27,30). The Hall–Kier alpha value is -3.39. The van der Waals surface area contributed by atoms with Crippen molar-refractivity contribution in [2.45, 2.75) is 24.2 Å². The van der Waals surface area contributed by atoms with E-state index in [0.29, 0.717) is 30.0 Å². The molecule has 0 unspecified atom stereocenters. The van der Waals surface area contributed by atoms with Crippen LogP contribution in [0.4, 0.5) is 21.5 Å². The second-order valence-electron chi connectivity index (χ2n) is 8.30. The SMILES string of the molecule is O=C(Nc1ccc(N2CCCC2)c(F)c1)c1cccc(S(=O)(=O)N2CCc3ccccc32)c1. The van der Waals surface area contributed by atoms with Crippen LogP contribution >= 0.6 is 0 Å². The average Bonchev–Trinajstić information content (AvgIpc) is 3.50. The summed E-state index contributed by atoms with van der Waals surface area (Å²) in [6.45, 7) is 2.01. The molecular weight excluding hydrogens is 441 g/mol. The molecule has 2 heterocycles. The van der Waals surface area contributed by atoms with Crippen LogP contribution in [0.3, 0.4) is 0 Å². The molecule has 3 aromatic rings. The van der Waals surface area contributed by atoms with Crippen molar-refractivity contribution < 1.29 is 17.6 Å². The maximum atomic E-state index is 14.6. The Morgan fingerprint density at radius 2 is 1.67 bits per heavy atom. The van der Waals surface area contributed by atoms with Gasteiger partial charge in [0.05, 0.1) is 16.3 Å². The van der Waals surface area contributed by atoms with Gasteiger partial charge in [-0.2, -0.15) is 0 Å². The minimum Gasteiger partial charge on any atom is -0.369 e. The molecule has 5 rings (SSSR count). The summed E-state index contributed by atoms with van der Waals surface area (Å²) in [5.41, 5.74) is 2.69. The number of halogens is 1. The van der Waals surface area contributed by atoms with E-state index in [1.165, 1.54) is 22.5 Å². The number of carbonyl (C=O) groups excluding carboxylic acids is 1. The zero-order chi connectivity index (χ0) is 23.0. The number of sulfonamides is 1. The van der Waals surface area contributed by atoms with Crippen molar-refractivity contribution in [3.8, 4) is 0 Å². The number of benzene rings is 3. The zero-order valence-electron chi connectivity index (χ0n) is 18.0. The first-order valence-electron chi connectivity index (χ1n) is 11.0. The van der Waals surface area contributed by atoms with Crippen LogP contribution in [0.15, 0.2) is 71.6 Å². The van der Waals surface area contributed by atoms with Crippen LogP contribution in [0.2, 0.25) is 0 Å². The third-order valence-corrected chi connectivity index (χ3v) is 7.99. The summed E-state index contributed by atoms with van der Waals surface area (Å²) < 4.78 is 42.5. The predicted molar refractivity (Wildman–Crippen MR) is 127 cm³/mol. The lowest BCUT2D eigenvalue weighted by atomic mass is 10.2. The summed E-state index contributed by atoms with van der Waals surface area (Å²) in [6.07, 6.45) is 2.73. The van der Waals surface area contributed by atoms with Crippen LogP contribution in [0.25, 0.3) is 0 Å². The molecule has 0 aromatic heterocycles. The molecule has 33 heavy (non-hydrogen) atoms. The van der Waals surface area contributed by atoms with Gasteiger partial charge in [0.1, 0.15) is 5.82 Å². The summed E-state index contributed by atoms with van der Waals surface area (Å²) in [6, 6.07) is 18.0. The van der Waals surface area contributed by atoms with Crippen molar-refractivity contribution in [1.29, 1.82) is 0 Å². The summed E-state index contributed by atoms with van der Waals surface area (Å²) in [5.74, 6) is -0.888. The molecule has 1 amide bonds. The molecule has 6 nitrogen and oxygen atoms in total. The summed E-state index contributed by atoms with van der Waals surface area (Å²) in [7, 11) is -3.81.